The molecule has 1 amide bonds. The lowest BCUT2D eigenvalue weighted by molar-refractivity contribution is 0.0934. The van der Waals surface area contributed by atoms with Crippen molar-refractivity contribution in [1.29, 1.82) is 0 Å². The van der Waals surface area contributed by atoms with Gasteiger partial charge in [-0.1, -0.05) is 13.8 Å². The lowest BCUT2D eigenvalue weighted by Gasteiger charge is -2.14. The number of aromatic nitrogens is 4. The van der Waals surface area contributed by atoms with Crippen molar-refractivity contribution in [2.24, 2.45) is 5.92 Å². The summed E-state index contributed by atoms with van der Waals surface area (Å²) in [5.41, 5.74) is 1.15. The zero-order chi connectivity index (χ0) is 17.8. The Kier molecular flexibility index (Phi) is 5.08. The van der Waals surface area contributed by atoms with E-state index in [9.17, 15) is 9.90 Å². The van der Waals surface area contributed by atoms with Crippen LogP contribution in [0, 0.1) is 5.92 Å². The van der Waals surface area contributed by atoms with Gasteiger partial charge in [0.2, 0.25) is 0 Å². The van der Waals surface area contributed by atoms with E-state index in [-0.39, 0.29) is 24.3 Å². The molecule has 0 aliphatic rings. The number of nitrogens with one attached hydrogen (secondary N) is 1. The quantitative estimate of drug-likeness (QED) is 0.672. The average molecular weight is 343 g/mol. The van der Waals surface area contributed by atoms with E-state index in [2.05, 4.69) is 20.4 Å². The highest BCUT2D eigenvalue weighted by Gasteiger charge is 2.17. The van der Waals surface area contributed by atoms with Gasteiger partial charge in [0.25, 0.3) is 11.7 Å². The summed E-state index contributed by atoms with van der Waals surface area (Å²) in [6.45, 7) is 4.31. The van der Waals surface area contributed by atoms with Gasteiger partial charge in [-0.25, -0.2) is 9.50 Å². The molecule has 0 spiro atoms. The minimum absolute atomic E-state index is 0.0468. The second-order valence-electron chi connectivity index (χ2n) is 6.23. The SMILES string of the molecule is CC(C)c1cc(C(=O)NC[C@H](CO)Cc2ccco2)nc2ncnn12. The summed E-state index contributed by atoms with van der Waals surface area (Å²) in [5, 5.41) is 16.5. The molecule has 25 heavy (non-hydrogen) atoms. The van der Waals surface area contributed by atoms with Crippen molar-refractivity contribution in [3.63, 3.8) is 0 Å². The first kappa shape index (κ1) is 17.1. The first-order chi connectivity index (χ1) is 12.1. The Morgan fingerprint density at radius 3 is 2.96 bits per heavy atom. The summed E-state index contributed by atoms with van der Waals surface area (Å²) in [4.78, 5) is 20.8. The third-order valence-electron chi connectivity index (χ3n) is 3.98. The molecule has 8 nitrogen and oxygen atoms in total. The summed E-state index contributed by atoms with van der Waals surface area (Å²) in [7, 11) is 0. The van der Waals surface area contributed by atoms with E-state index in [4.69, 9.17) is 4.42 Å². The molecular formula is C17H21N5O3. The topological polar surface area (TPSA) is 106 Å². The number of fused-ring (bicyclic) bond motifs is 1. The van der Waals surface area contributed by atoms with Gasteiger partial charge in [-0.3, -0.25) is 4.79 Å². The predicted octanol–water partition coefficient (Wildman–Crippen LogP) is 1.42. The number of carbonyl (C=O) groups is 1. The summed E-state index contributed by atoms with van der Waals surface area (Å²) >= 11 is 0. The number of furan rings is 1. The first-order valence-electron chi connectivity index (χ1n) is 8.20. The molecule has 132 valence electrons. The van der Waals surface area contributed by atoms with Crippen LogP contribution in [0.25, 0.3) is 5.78 Å². The Morgan fingerprint density at radius 1 is 1.44 bits per heavy atom. The maximum absolute atomic E-state index is 12.5. The highest BCUT2D eigenvalue weighted by molar-refractivity contribution is 5.92. The normalized spacial score (nSPS) is 12.6. The van der Waals surface area contributed by atoms with Gasteiger partial charge in [-0.15, -0.1) is 0 Å². The van der Waals surface area contributed by atoms with Crippen molar-refractivity contribution in [2.75, 3.05) is 13.2 Å². The number of hydrogen-bond acceptors (Lipinski definition) is 6. The number of amides is 1. The van der Waals surface area contributed by atoms with Crippen molar-refractivity contribution in [2.45, 2.75) is 26.2 Å². The number of aliphatic hydroxyl groups is 1. The van der Waals surface area contributed by atoms with Crippen molar-refractivity contribution in [1.82, 2.24) is 24.9 Å². The van der Waals surface area contributed by atoms with Gasteiger partial charge in [0.05, 0.1) is 12.0 Å². The van der Waals surface area contributed by atoms with Crippen LogP contribution in [0.5, 0.6) is 0 Å². The fraction of sp³-hybridized carbons (Fsp3) is 0.412. The number of aliphatic hydroxyl groups excluding tert-OH is 1. The molecule has 0 aliphatic heterocycles. The van der Waals surface area contributed by atoms with Crippen molar-refractivity contribution >= 4 is 11.7 Å². The van der Waals surface area contributed by atoms with E-state index in [1.54, 1.807) is 22.9 Å². The van der Waals surface area contributed by atoms with Crippen LogP contribution in [0.1, 0.15) is 41.7 Å². The van der Waals surface area contributed by atoms with Gasteiger partial charge in [0.1, 0.15) is 17.8 Å². The third-order valence-corrected chi connectivity index (χ3v) is 3.98. The molecule has 8 heteroatoms. The Labute approximate surface area is 144 Å². The Morgan fingerprint density at radius 2 is 2.28 bits per heavy atom. The van der Waals surface area contributed by atoms with Crippen LogP contribution in [0.15, 0.2) is 35.2 Å². The molecule has 0 saturated heterocycles. The molecule has 0 unspecified atom stereocenters. The fourth-order valence-corrected chi connectivity index (χ4v) is 2.60. The van der Waals surface area contributed by atoms with Crippen LogP contribution in [0.2, 0.25) is 0 Å². The Balaban J connectivity index is 1.71. The van der Waals surface area contributed by atoms with Crippen LogP contribution >= 0.6 is 0 Å². The third kappa shape index (κ3) is 3.85. The highest BCUT2D eigenvalue weighted by Crippen LogP contribution is 2.16. The van der Waals surface area contributed by atoms with Crippen molar-refractivity contribution in [3.8, 4) is 0 Å². The molecule has 0 fully saturated rings. The molecule has 2 N–H and O–H groups in total. The van der Waals surface area contributed by atoms with E-state index < -0.39 is 0 Å². The molecule has 3 aromatic heterocycles. The molecule has 3 heterocycles. The largest absolute Gasteiger partial charge is 0.469 e. The first-order valence-corrected chi connectivity index (χ1v) is 8.20. The predicted molar refractivity (Wildman–Crippen MR) is 90.2 cm³/mol. The molecule has 3 aromatic rings. The molecule has 3 rings (SSSR count). The standard InChI is InChI=1S/C17H21N5O3/c1-11(2)15-7-14(21-17-19-10-20-22(15)17)16(24)18-8-12(9-23)6-13-4-3-5-25-13/h3-5,7,10-12,23H,6,8-9H2,1-2H3,(H,18,24)/t12-/m1/s1. The Hall–Kier alpha value is -2.74. The van der Waals surface area contributed by atoms with Gasteiger partial charge in [-0.2, -0.15) is 10.1 Å². The lowest BCUT2D eigenvalue weighted by Crippen LogP contribution is -2.32. The van der Waals surface area contributed by atoms with Gasteiger partial charge in [0.15, 0.2) is 0 Å². The lowest BCUT2D eigenvalue weighted by atomic mass is 10.0. The van der Waals surface area contributed by atoms with Crippen LogP contribution in [-0.4, -0.2) is 43.7 Å². The maximum atomic E-state index is 12.5. The van der Waals surface area contributed by atoms with Gasteiger partial charge in [0, 0.05) is 25.5 Å². The average Bonchev–Trinajstić information content (AvgIpc) is 3.28. The molecule has 0 saturated carbocycles. The Bertz CT molecular complexity index is 841. The second-order valence-corrected chi connectivity index (χ2v) is 6.23. The summed E-state index contributed by atoms with van der Waals surface area (Å²) < 4.78 is 6.92. The molecule has 1 atom stereocenters. The molecule has 0 bridgehead atoms. The van der Waals surface area contributed by atoms with Crippen LogP contribution < -0.4 is 5.32 Å². The molecule has 0 aromatic carbocycles. The van der Waals surface area contributed by atoms with E-state index in [1.807, 2.05) is 19.9 Å². The van der Waals surface area contributed by atoms with E-state index in [1.165, 1.54) is 6.33 Å². The number of nitrogens with zero attached hydrogens (tertiary/aromatic N) is 4. The van der Waals surface area contributed by atoms with Crippen molar-refractivity contribution < 1.29 is 14.3 Å². The molecule has 0 radical (unpaired) electrons. The number of hydrogen-bond donors (Lipinski definition) is 2. The van der Waals surface area contributed by atoms with Crippen molar-refractivity contribution in [3.05, 3.63) is 47.9 Å². The van der Waals surface area contributed by atoms with Gasteiger partial charge >= 0.3 is 0 Å². The fourth-order valence-electron chi connectivity index (χ4n) is 2.60. The summed E-state index contributed by atoms with van der Waals surface area (Å²) in [5.74, 6) is 0.911. The van der Waals surface area contributed by atoms with Crippen LogP contribution in [0.4, 0.5) is 0 Å². The zero-order valence-corrected chi connectivity index (χ0v) is 14.2. The summed E-state index contributed by atoms with van der Waals surface area (Å²) in [6.07, 6.45) is 3.56. The molecular weight excluding hydrogens is 322 g/mol. The van der Waals surface area contributed by atoms with Crippen LogP contribution in [-0.2, 0) is 6.42 Å². The maximum Gasteiger partial charge on any atom is 0.270 e. The van der Waals surface area contributed by atoms with E-state index in [0.717, 1.165) is 11.5 Å². The van der Waals surface area contributed by atoms with Crippen LogP contribution in [0.3, 0.4) is 0 Å². The van der Waals surface area contributed by atoms with E-state index in [0.29, 0.717) is 24.4 Å². The number of rotatable bonds is 7. The molecule has 0 aliphatic carbocycles. The second kappa shape index (κ2) is 7.43. The summed E-state index contributed by atoms with van der Waals surface area (Å²) in [6, 6.07) is 5.37. The number of carbonyl (C=O) groups excluding carboxylic acids is 1. The zero-order valence-electron chi connectivity index (χ0n) is 14.2. The smallest absolute Gasteiger partial charge is 0.270 e. The minimum Gasteiger partial charge on any atom is -0.469 e. The van der Waals surface area contributed by atoms with E-state index >= 15 is 0 Å². The monoisotopic (exact) mass is 343 g/mol. The van der Waals surface area contributed by atoms with Gasteiger partial charge < -0.3 is 14.8 Å². The minimum atomic E-state index is -0.301. The highest BCUT2D eigenvalue weighted by atomic mass is 16.3. The van der Waals surface area contributed by atoms with Gasteiger partial charge in [-0.05, 0) is 24.1 Å².